The van der Waals surface area contributed by atoms with Crippen LogP contribution in [0.4, 0.5) is 0 Å². The van der Waals surface area contributed by atoms with Crippen LogP contribution >= 0.6 is 15.9 Å². The van der Waals surface area contributed by atoms with E-state index in [1.165, 1.54) is 0 Å². The van der Waals surface area contributed by atoms with Gasteiger partial charge in [0, 0.05) is 23.6 Å². The first-order valence-electron chi connectivity index (χ1n) is 6.92. The van der Waals surface area contributed by atoms with E-state index in [-0.39, 0.29) is 6.04 Å². The quantitative estimate of drug-likeness (QED) is 0.894. The molecule has 2 unspecified atom stereocenters. The van der Waals surface area contributed by atoms with E-state index in [4.69, 9.17) is 5.73 Å². The van der Waals surface area contributed by atoms with Crippen molar-refractivity contribution in [2.75, 3.05) is 19.6 Å². The van der Waals surface area contributed by atoms with Crippen molar-refractivity contribution in [3.05, 3.63) is 34.3 Å². The van der Waals surface area contributed by atoms with Gasteiger partial charge < -0.3 is 15.7 Å². The van der Waals surface area contributed by atoms with Crippen LogP contribution in [0.15, 0.2) is 28.7 Å². The van der Waals surface area contributed by atoms with Crippen LogP contribution in [-0.2, 0) is 0 Å². The van der Waals surface area contributed by atoms with Gasteiger partial charge in [-0.25, -0.2) is 0 Å². The van der Waals surface area contributed by atoms with E-state index in [0.717, 1.165) is 48.9 Å². The Balaban J connectivity index is 1.85. The molecule has 1 aromatic carbocycles. The van der Waals surface area contributed by atoms with Crippen molar-refractivity contribution in [1.29, 1.82) is 0 Å². The molecule has 0 amide bonds. The minimum Gasteiger partial charge on any atom is -0.389 e. The minimum atomic E-state index is -0.530. The van der Waals surface area contributed by atoms with Gasteiger partial charge in [0.05, 0.1) is 5.60 Å². The van der Waals surface area contributed by atoms with Crippen LogP contribution in [0.5, 0.6) is 0 Å². The topological polar surface area (TPSA) is 49.5 Å². The van der Waals surface area contributed by atoms with E-state index in [2.05, 4.69) is 33.0 Å². The number of β-amino-alcohol motifs (C(OH)–C–C–N with tert-alkyl or cyclic N) is 1. The highest BCUT2D eigenvalue weighted by Crippen LogP contribution is 2.23. The summed E-state index contributed by atoms with van der Waals surface area (Å²) in [6, 6.07) is 8.24. The summed E-state index contributed by atoms with van der Waals surface area (Å²) in [5.41, 5.74) is 6.87. The third-order valence-corrected chi connectivity index (χ3v) is 4.28. The third-order valence-electron chi connectivity index (χ3n) is 3.79. The number of hydrogen-bond donors (Lipinski definition) is 2. The zero-order valence-corrected chi connectivity index (χ0v) is 13.1. The molecule has 1 saturated heterocycles. The normalized spacial score (nSPS) is 26.3. The lowest BCUT2D eigenvalue weighted by molar-refractivity contribution is -0.0161. The van der Waals surface area contributed by atoms with Crippen molar-refractivity contribution >= 4 is 15.9 Å². The molecule has 0 aliphatic carbocycles. The second-order valence-electron chi connectivity index (χ2n) is 5.83. The van der Waals surface area contributed by atoms with Crippen molar-refractivity contribution in [3.63, 3.8) is 0 Å². The van der Waals surface area contributed by atoms with Crippen molar-refractivity contribution in [3.8, 4) is 0 Å². The number of likely N-dealkylation sites (tertiary alicyclic amines) is 1. The number of nitrogens with zero attached hydrogens (tertiary/aromatic N) is 1. The first-order valence-corrected chi connectivity index (χ1v) is 7.71. The van der Waals surface area contributed by atoms with Crippen molar-refractivity contribution < 1.29 is 5.11 Å². The molecule has 1 aliphatic rings. The molecule has 106 valence electrons. The van der Waals surface area contributed by atoms with Gasteiger partial charge in [-0.3, -0.25) is 0 Å². The second kappa shape index (κ2) is 6.35. The summed E-state index contributed by atoms with van der Waals surface area (Å²) in [4.78, 5) is 2.32. The van der Waals surface area contributed by atoms with E-state index in [1.54, 1.807) is 0 Å². The molecule has 0 aromatic heterocycles. The number of benzene rings is 1. The summed E-state index contributed by atoms with van der Waals surface area (Å²) in [6.45, 7) is 4.71. The molecular weight excluding hydrogens is 304 g/mol. The van der Waals surface area contributed by atoms with Gasteiger partial charge in [0.2, 0.25) is 0 Å². The molecule has 1 aliphatic heterocycles. The zero-order valence-electron chi connectivity index (χ0n) is 11.5. The van der Waals surface area contributed by atoms with Crippen molar-refractivity contribution in [2.45, 2.75) is 37.8 Å². The molecule has 0 bridgehead atoms. The number of hydrogen-bond acceptors (Lipinski definition) is 3. The fourth-order valence-corrected chi connectivity index (χ4v) is 3.16. The van der Waals surface area contributed by atoms with Crippen LogP contribution in [0, 0.1) is 0 Å². The molecule has 2 atom stereocenters. The average molecular weight is 327 g/mol. The van der Waals surface area contributed by atoms with Crippen LogP contribution in [0.2, 0.25) is 0 Å². The van der Waals surface area contributed by atoms with Gasteiger partial charge in [0.15, 0.2) is 0 Å². The average Bonchev–Trinajstić information content (AvgIpc) is 2.35. The number of halogens is 1. The van der Waals surface area contributed by atoms with Crippen molar-refractivity contribution in [1.82, 2.24) is 4.90 Å². The van der Waals surface area contributed by atoms with Crippen LogP contribution in [0.3, 0.4) is 0 Å². The van der Waals surface area contributed by atoms with E-state index in [0.29, 0.717) is 0 Å². The summed E-state index contributed by atoms with van der Waals surface area (Å²) >= 11 is 3.47. The third kappa shape index (κ3) is 4.56. The molecule has 4 heteroatoms. The standard InChI is InChI=1S/C15H23BrN2O/c1-15(19)7-3-8-18(11-15)9-6-14(17)12-4-2-5-13(16)10-12/h2,4-5,10,14,19H,3,6-9,11,17H2,1H3. The highest BCUT2D eigenvalue weighted by Gasteiger charge is 2.28. The molecule has 0 saturated carbocycles. The number of aliphatic hydroxyl groups is 1. The largest absolute Gasteiger partial charge is 0.389 e. The monoisotopic (exact) mass is 326 g/mol. The zero-order chi connectivity index (χ0) is 13.9. The van der Waals surface area contributed by atoms with Gasteiger partial charge in [-0.05, 0) is 50.4 Å². The maximum atomic E-state index is 10.1. The fourth-order valence-electron chi connectivity index (χ4n) is 2.74. The second-order valence-corrected chi connectivity index (χ2v) is 6.74. The van der Waals surface area contributed by atoms with E-state index >= 15 is 0 Å². The summed E-state index contributed by atoms with van der Waals surface area (Å²) < 4.78 is 1.07. The molecule has 1 aromatic rings. The number of rotatable bonds is 4. The SMILES string of the molecule is CC1(O)CCCN(CCC(N)c2cccc(Br)c2)C1. The Morgan fingerprint density at radius 2 is 2.32 bits per heavy atom. The maximum absolute atomic E-state index is 10.1. The van der Waals surface area contributed by atoms with Gasteiger partial charge in [-0.1, -0.05) is 28.1 Å². The van der Waals surface area contributed by atoms with Crippen LogP contribution in [0.25, 0.3) is 0 Å². The summed E-state index contributed by atoms with van der Waals surface area (Å²) in [7, 11) is 0. The van der Waals surface area contributed by atoms with Crippen LogP contribution < -0.4 is 5.73 Å². The molecule has 2 rings (SSSR count). The van der Waals surface area contributed by atoms with Gasteiger partial charge in [-0.15, -0.1) is 0 Å². The Kier molecular flexibility index (Phi) is 5.01. The van der Waals surface area contributed by atoms with Crippen LogP contribution in [0.1, 0.15) is 37.8 Å². The Bertz CT molecular complexity index is 422. The molecule has 0 radical (unpaired) electrons. The summed E-state index contributed by atoms with van der Waals surface area (Å²) in [5, 5.41) is 10.1. The molecule has 1 heterocycles. The van der Waals surface area contributed by atoms with Crippen molar-refractivity contribution in [2.24, 2.45) is 5.73 Å². The highest BCUT2D eigenvalue weighted by atomic mass is 79.9. The van der Waals surface area contributed by atoms with Gasteiger partial charge in [0.25, 0.3) is 0 Å². The maximum Gasteiger partial charge on any atom is 0.0746 e. The molecule has 3 nitrogen and oxygen atoms in total. The summed E-state index contributed by atoms with van der Waals surface area (Å²) in [5.74, 6) is 0. The molecule has 3 N–H and O–H groups in total. The van der Waals surface area contributed by atoms with E-state index in [9.17, 15) is 5.11 Å². The predicted octanol–water partition coefficient (Wildman–Crippen LogP) is 2.69. The van der Waals surface area contributed by atoms with Crippen LogP contribution in [-0.4, -0.2) is 35.2 Å². The Labute approximate surface area is 123 Å². The predicted molar refractivity (Wildman–Crippen MR) is 82.0 cm³/mol. The van der Waals surface area contributed by atoms with Gasteiger partial charge in [-0.2, -0.15) is 0 Å². The number of nitrogens with two attached hydrogens (primary N) is 1. The molecule has 0 spiro atoms. The molecule has 1 fully saturated rings. The minimum absolute atomic E-state index is 0.0596. The Morgan fingerprint density at radius 3 is 3.00 bits per heavy atom. The smallest absolute Gasteiger partial charge is 0.0746 e. The first-order chi connectivity index (χ1) is 8.96. The summed E-state index contributed by atoms with van der Waals surface area (Å²) in [6.07, 6.45) is 2.90. The lowest BCUT2D eigenvalue weighted by atomic mass is 9.94. The lowest BCUT2D eigenvalue weighted by Gasteiger charge is -2.37. The van der Waals surface area contributed by atoms with E-state index < -0.39 is 5.60 Å². The molecule has 19 heavy (non-hydrogen) atoms. The molecular formula is C15H23BrN2O. The fraction of sp³-hybridized carbons (Fsp3) is 0.600. The van der Waals surface area contributed by atoms with E-state index in [1.807, 2.05) is 19.1 Å². The number of piperidine rings is 1. The van der Waals surface area contributed by atoms with Gasteiger partial charge in [0.1, 0.15) is 0 Å². The lowest BCUT2D eigenvalue weighted by Crippen LogP contribution is -2.46. The Hall–Kier alpha value is -0.420. The Morgan fingerprint density at radius 1 is 1.53 bits per heavy atom. The van der Waals surface area contributed by atoms with Gasteiger partial charge >= 0.3 is 0 Å². The first kappa shape index (κ1) is 15.0. The highest BCUT2D eigenvalue weighted by molar-refractivity contribution is 9.10.